The van der Waals surface area contributed by atoms with Crippen LogP contribution in [0.15, 0.2) is 53.0 Å². The summed E-state index contributed by atoms with van der Waals surface area (Å²) in [5.74, 6) is 1.01. The minimum absolute atomic E-state index is 0.0718. The summed E-state index contributed by atoms with van der Waals surface area (Å²) in [5.41, 5.74) is 2.18. The summed E-state index contributed by atoms with van der Waals surface area (Å²) in [5, 5.41) is 13.5. The number of methoxy groups -OCH3 is 2. The fraction of sp³-hybridized carbons (Fsp3) is 0.190. The standard InChI is InChI=1S/C21H20N2O4S/c1-26-17-8-7-13(11-18(17)27-2)9-10-22-21(28)23-12-16-19(24)14-5-3-4-6-15(14)20(16)25/h3-8,11-12,24H,9-10H2,1-2H3,(H,22,28)/b23-12-. The number of carbonyl (C=O) groups excluding carboxylic acids is 1. The summed E-state index contributed by atoms with van der Waals surface area (Å²) in [6, 6.07) is 12.6. The summed E-state index contributed by atoms with van der Waals surface area (Å²) < 4.78 is 10.5. The molecule has 0 radical (unpaired) electrons. The van der Waals surface area contributed by atoms with Crippen molar-refractivity contribution < 1.29 is 19.4 Å². The third-order valence-electron chi connectivity index (χ3n) is 4.38. The number of ketones is 1. The first-order chi connectivity index (χ1) is 13.5. The molecule has 1 aliphatic rings. The molecular weight excluding hydrogens is 376 g/mol. The largest absolute Gasteiger partial charge is 0.506 e. The lowest BCUT2D eigenvalue weighted by Crippen LogP contribution is -2.22. The zero-order valence-corrected chi connectivity index (χ0v) is 16.4. The van der Waals surface area contributed by atoms with Gasteiger partial charge in [-0.2, -0.15) is 0 Å². The topological polar surface area (TPSA) is 80.1 Å². The van der Waals surface area contributed by atoms with Crippen LogP contribution in [0.1, 0.15) is 21.5 Å². The van der Waals surface area contributed by atoms with E-state index in [0.717, 1.165) is 5.56 Å². The highest BCUT2D eigenvalue weighted by molar-refractivity contribution is 7.80. The van der Waals surface area contributed by atoms with Crippen LogP contribution in [0, 0.1) is 0 Å². The molecule has 6 nitrogen and oxygen atoms in total. The van der Waals surface area contributed by atoms with Crippen LogP contribution >= 0.6 is 12.2 Å². The van der Waals surface area contributed by atoms with Crippen molar-refractivity contribution in [1.29, 1.82) is 0 Å². The first-order valence-electron chi connectivity index (χ1n) is 8.65. The number of rotatable bonds is 6. The lowest BCUT2D eigenvalue weighted by Gasteiger charge is -2.10. The highest BCUT2D eigenvalue weighted by Gasteiger charge is 2.27. The van der Waals surface area contributed by atoms with Gasteiger partial charge in [-0.05, 0) is 36.3 Å². The average Bonchev–Trinajstić information content (AvgIpc) is 2.96. The maximum Gasteiger partial charge on any atom is 0.199 e. The summed E-state index contributed by atoms with van der Waals surface area (Å²) in [7, 11) is 3.19. The van der Waals surface area contributed by atoms with E-state index in [1.54, 1.807) is 38.5 Å². The number of fused-ring (bicyclic) bond motifs is 1. The number of nitrogens with one attached hydrogen (secondary N) is 1. The number of hydrogen-bond donors (Lipinski definition) is 2. The number of nitrogens with zero attached hydrogens (tertiary/aromatic N) is 1. The Balaban J connectivity index is 1.57. The first kappa shape index (κ1) is 19.6. The molecular formula is C21H20N2O4S. The van der Waals surface area contributed by atoms with Gasteiger partial charge in [0.25, 0.3) is 0 Å². The molecule has 0 fully saturated rings. The molecule has 0 spiro atoms. The van der Waals surface area contributed by atoms with E-state index in [1.807, 2.05) is 18.2 Å². The average molecular weight is 396 g/mol. The lowest BCUT2D eigenvalue weighted by atomic mass is 10.1. The maximum atomic E-state index is 12.3. The highest BCUT2D eigenvalue weighted by Crippen LogP contribution is 2.30. The molecule has 0 bridgehead atoms. The predicted molar refractivity (Wildman–Crippen MR) is 113 cm³/mol. The van der Waals surface area contributed by atoms with Crippen molar-refractivity contribution in [3.8, 4) is 11.5 Å². The van der Waals surface area contributed by atoms with Gasteiger partial charge in [-0.3, -0.25) is 4.79 Å². The monoisotopic (exact) mass is 396 g/mol. The van der Waals surface area contributed by atoms with E-state index in [9.17, 15) is 9.90 Å². The van der Waals surface area contributed by atoms with Gasteiger partial charge in [0.05, 0.1) is 19.8 Å². The van der Waals surface area contributed by atoms with Crippen LogP contribution in [-0.4, -0.2) is 43.0 Å². The summed E-state index contributed by atoms with van der Waals surface area (Å²) >= 11 is 5.19. The lowest BCUT2D eigenvalue weighted by molar-refractivity contribution is 0.104. The number of aliphatic hydroxyl groups is 1. The smallest absolute Gasteiger partial charge is 0.199 e. The summed E-state index contributed by atoms with van der Waals surface area (Å²) in [6.07, 6.45) is 2.01. The number of aliphatic imine (C=N–C) groups is 1. The maximum absolute atomic E-state index is 12.3. The number of Topliss-reactive ketones (excluding diaryl/α,β-unsaturated/α-hetero) is 1. The predicted octanol–water partition coefficient (Wildman–Crippen LogP) is 3.36. The van der Waals surface area contributed by atoms with Crippen molar-refractivity contribution in [1.82, 2.24) is 5.32 Å². The Morgan fingerprint density at radius 2 is 1.86 bits per heavy atom. The number of hydrogen-bond acceptors (Lipinski definition) is 5. The van der Waals surface area contributed by atoms with Gasteiger partial charge in [0.2, 0.25) is 0 Å². The van der Waals surface area contributed by atoms with Crippen LogP contribution < -0.4 is 14.8 Å². The number of aliphatic hydroxyl groups excluding tert-OH is 1. The van der Waals surface area contributed by atoms with E-state index in [1.165, 1.54) is 6.21 Å². The normalized spacial score (nSPS) is 13.0. The van der Waals surface area contributed by atoms with Gasteiger partial charge in [-0.15, -0.1) is 0 Å². The highest BCUT2D eigenvalue weighted by atomic mass is 32.1. The Bertz CT molecular complexity index is 982. The third kappa shape index (κ3) is 4.04. The molecule has 0 heterocycles. The van der Waals surface area contributed by atoms with Gasteiger partial charge in [0.1, 0.15) is 5.76 Å². The summed E-state index contributed by atoms with van der Waals surface area (Å²) in [4.78, 5) is 16.4. The van der Waals surface area contributed by atoms with E-state index in [0.29, 0.717) is 35.6 Å². The molecule has 2 N–H and O–H groups in total. The first-order valence-corrected chi connectivity index (χ1v) is 9.06. The second-order valence-electron chi connectivity index (χ2n) is 6.07. The molecule has 3 rings (SSSR count). The minimum atomic E-state index is -0.259. The van der Waals surface area contributed by atoms with E-state index >= 15 is 0 Å². The van der Waals surface area contributed by atoms with Gasteiger partial charge in [-0.25, -0.2) is 4.99 Å². The molecule has 28 heavy (non-hydrogen) atoms. The molecule has 0 saturated heterocycles. The van der Waals surface area contributed by atoms with E-state index < -0.39 is 0 Å². The van der Waals surface area contributed by atoms with Crippen LogP contribution in [0.3, 0.4) is 0 Å². The van der Waals surface area contributed by atoms with Gasteiger partial charge in [0.15, 0.2) is 22.4 Å². The SMILES string of the molecule is COc1ccc(CCNC(=S)/N=C\C2=C(O)c3ccccc3C2=O)cc1OC. The molecule has 0 unspecified atom stereocenters. The van der Waals surface area contributed by atoms with Gasteiger partial charge in [-0.1, -0.05) is 30.3 Å². The quantitative estimate of drug-likeness (QED) is 0.576. The van der Waals surface area contributed by atoms with Gasteiger partial charge >= 0.3 is 0 Å². The Labute approximate surface area is 168 Å². The zero-order valence-electron chi connectivity index (χ0n) is 15.6. The van der Waals surface area contributed by atoms with Crippen molar-refractivity contribution in [2.24, 2.45) is 4.99 Å². The van der Waals surface area contributed by atoms with Crippen LogP contribution in [-0.2, 0) is 6.42 Å². The molecule has 0 amide bonds. The zero-order chi connectivity index (χ0) is 20.1. The Morgan fingerprint density at radius 3 is 2.54 bits per heavy atom. The Morgan fingerprint density at radius 1 is 1.14 bits per heavy atom. The molecule has 144 valence electrons. The van der Waals surface area contributed by atoms with Crippen LogP contribution in [0.5, 0.6) is 11.5 Å². The third-order valence-corrected chi connectivity index (χ3v) is 4.63. The number of ether oxygens (including phenoxy) is 2. The van der Waals surface area contributed by atoms with Crippen molar-refractivity contribution in [3.05, 3.63) is 64.7 Å². The fourth-order valence-electron chi connectivity index (χ4n) is 2.92. The van der Waals surface area contributed by atoms with Gasteiger partial charge in [0, 0.05) is 23.9 Å². The van der Waals surface area contributed by atoms with E-state index in [-0.39, 0.29) is 22.2 Å². The summed E-state index contributed by atoms with van der Waals surface area (Å²) in [6.45, 7) is 0.560. The minimum Gasteiger partial charge on any atom is -0.506 e. The molecule has 0 aromatic heterocycles. The number of allylic oxidation sites excluding steroid dienone is 1. The molecule has 0 aliphatic heterocycles. The van der Waals surface area contributed by atoms with Crippen molar-refractivity contribution in [3.63, 3.8) is 0 Å². The number of thiocarbonyl (C=S) groups is 1. The number of carbonyl (C=O) groups is 1. The fourth-order valence-corrected chi connectivity index (χ4v) is 3.08. The molecule has 7 heteroatoms. The molecule has 0 saturated carbocycles. The van der Waals surface area contributed by atoms with Crippen molar-refractivity contribution >= 4 is 35.1 Å². The van der Waals surface area contributed by atoms with Crippen LogP contribution in [0.4, 0.5) is 0 Å². The van der Waals surface area contributed by atoms with Crippen molar-refractivity contribution in [2.75, 3.05) is 20.8 Å². The van der Waals surface area contributed by atoms with Crippen LogP contribution in [0.2, 0.25) is 0 Å². The molecule has 1 aliphatic carbocycles. The van der Waals surface area contributed by atoms with Crippen LogP contribution in [0.25, 0.3) is 5.76 Å². The molecule has 2 aromatic rings. The second kappa shape index (κ2) is 8.67. The Kier molecular flexibility index (Phi) is 6.06. The molecule has 0 atom stereocenters. The Hall–Kier alpha value is -3.19. The second-order valence-corrected chi connectivity index (χ2v) is 6.45. The van der Waals surface area contributed by atoms with E-state index in [4.69, 9.17) is 21.7 Å². The van der Waals surface area contributed by atoms with Gasteiger partial charge < -0.3 is 19.9 Å². The van der Waals surface area contributed by atoms with Crippen molar-refractivity contribution in [2.45, 2.75) is 6.42 Å². The molecule has 2 aromatic carbocycles. The number of benzene rings is 2. The van der Waals surface area contributed by atoms with E-state index in [2.05, 4.69) is 10.3 Å².